The third-order valence-electron chi connectivity index (χ3n) is 5.71. The lowest BCUT2D eigenvalue weighted by Gasteiger charge is -2.43. The first-order valence-electron chi connectivity index (χ1n) is 9.94. The molecular weight excluding hydrogens is 438 g/mol. The number of benzene rings is 2. The molecule has 0 saturated heterocycles. The summed E-state index contributed by atoms with van der Waals surface area (Å²) < 4.78 is 5.08. The quantitative estimate of drug-likeness (QED) is 0.302. The van der Waals surface area contributed by atoms with E-state index in [9.17, 15) is 24.5 Å². The molecule has 32 heavy (non-hydrogen) atoms. The molecule has 168 valence electrons. The van der Waals surface area contributed by atoms with Gasteiger partial charge in [-0.2, -0.15) is 0 Å². The number of halogens is 1. The number of esters is 1. The second-order valence-electron chi connectivity index (χ2n) is 7.53. The summed E-state index contributed by atoms with van der Waals surface area (Å²) >= 11 is 6.38. The number of anilines is 1. The number of ether oxygens (including phenoxy) is 1. The molecule has 0 aliphatic heterocycles. The van der Waals surface area contributed by atoms with Crippen LogP contribution in [0.4, 0.5) is 11.4 Å². The molecule has 0 aromatic heterocycles. The number of hydrogen-bond acceptors (Lipinski definition) is 7. The van der Waals surface area contributed by atoms with Gasteiger partial charge in [0.25, 0.3) is 11.6 Å². The number of rotatable bonds is 6. The fourth-order valence-electron chi connectivity index (χ4n) is 3.98. The number of nitrogen functional groups attached to an aromatic ring is 1. The van der Waals surface area contributed by atoms with Crippen LogP contribution in [-0.4, -0.2) is 41.1 Å². The first-order valence-corrected chi connectivity index (χ1v) is 10.3. The molecular formula is C22H22ClN3O6. The van der Waals surface area contributed by atoms with Crippen molar-refractivity contribution in [3.63, 3.8) is 0 Å². The number of nitro benzene ring substituents is 1. The summed E-state index contributed by atoms with van der Waals surface area (Å²) in [5, 5.41) is 11.4. The molecule has 0 radical (unpaired) electrons. The van der Waals surface area contributed by atoms with Crippen LogP contribution in [0.25, 0.3) is 0 Å². The maximum atomic E-state index is 13.1. The number of nitro groups is 1. The summed E-state index contributed by atoms with van der Waals surface area (Å²) in [6.07, 6.45) is 2.15. The minimum atomic E-state index is -1.25. The molecule has 1 saturated carbocycles. The molecule has 10 heteroatoms. The van der Waals surface area contributed by atoms with Gasteiger partial charge in [-0.05, 0) is 37.5 Å². The molecule has 1 aliphatic carbocycles. The fraction of sp³-hybridized carbons (Fsp3) is 0.318. The number of nitrogens with zero attached hydrogens (tertiary/aromatic N) is 2. The fourth-order valence-corrected chi connectivity index (χ4v) is 4.27. The van der Waals surface area contributed by atoms with Gasteiger partial charge in [0.1, 0.15) is 11.2 Å². The SMILES string of the molecule is CN(C(=O)COC(=O)c1ccc(N)c([N+](=O)[O-])c1)C1(c2ccccc2Cl)CCCCC1=O. The lowest BCUT2D eigenvalue weighted by Crippen LogP contribution is -2.55. The van der Waals surface area contributed by atoms with E-state index in [4.69, 9.17) is 22.1 Å². The van der Waals surface area contributed by atoms with Crippen molar-refractivity contribution in [2.75, 3.05) is 19.4 Å². The number of carbonyl (C=O) groups excluding carboxylic acids is 3. The van der Waals surface area contributed by atoms with Crippen molar-refractivity contribution in [2.24, 2.45) is 0 Å². The van der Waals surface area contributed by atoms with Gasteiger partial charge in [-0.15, -0.1) is 0 Å². The Hall–Kier alpha value is -3.46. The first-order chi connectivity index (χ1) is 15.2. The van der Waals surface area contributed by atoms with Crippen LogP contribution in [0.1, 0.15) is 41.6 Å². The molecule has 2 aromatic carbocycles. The largest absolute Gasteiger partial charge is 0.452 e. The van der Waals surface area contributed by atoms with Crippen LogP contribution in [0.3, 0.4) is 0 Å². The Morgan fingerprint density at radius 1 is 1.25 bits per heavy atom. The van der Waals surface area contributed by atoms with Crippen LogP contribution < -0.4 is 5.73 Å². The van der Waals surface area contributed by atoms with E-state index in [0.717, 1.165) is 18.9 Å². The van der Waals surface area contributed by atoms with Gasteiger partial charge in [0.15, 0.2) is 12.4 Å². The maximum absolute atomic E-state index is 13.1. The van der Waals surface area contributed by atoms with Crippen molar-refractivity contribution in [3.8, 4) is 0 Å². The summed E-state index contributed by atoms with van der Waals surface area (Å²) in [6.45, 7) is -0.646. The van der Waals surface area contributed by atoms with E-state index in [0.29, 0.717) is 23.4 Å². The molecule has 2 N–H and O–H groups in total. The number of carbonyl (C=O) groups is 3. The second-order valence-corrected chi connectivity index (χ2v) is 7.94. The third kappa shape index (κ3) is 4.29. The molecule has 2 aromatic rings. The van der Waals surface area contributed by atoms with Crippen LogP contribution in [0, 0.1) is 10.1 Å². The van der Waals surface area contributed by atoms with Gasteiger partial charge < -0.3 is 15.4 Å². The Bertz CT molecular complexity index is 1090. The average molecular weight is 460 g/mol. The summed E-state index contributed by atoms with van der Waals surface area (Å²) in [4.78, 5) is 50.0. The summed E-state index contributed by atoms with van der Waals surface area (Å²) in [6, 6.07) is 10.3. The predicted octanol–water partition coefficient (Wildman–Crippen LogP) is 3.48. The molecule has 1 amide bonds. The van der Waals surface area contributed by atoms with E-state index in [1.54, 1.807) is 24.3 Å². The summed E-state index contributed by atoms with van der Waals surface area (Å²) in [5.74, 6) is -1.65. The monoisotopic (exact) mass is 459 g/mol. The zero-order valence-corrected chi connectivity index (χ0v) is 18.1. The molecule has 0 heterocycles. The van der Waals surface area contributed by atoms with E-state index in [2.05, 4.69) is 0 Å². The van der Waals surface area contributed by atoms with Crippen LogP contribution in [0.2, 0.25) is 5.02 Å². The van der Waals surface area contributed by atoms with Gasteiger partial charge in [-0.25, -0.2) is 4.79 Å². The minimum absolute atomic E-state index is 0.0974. The Morgan fingerprint density at radius 3 is 2.62 bits per heavy atom. The molecule has 3 rings (SSSR count). The van der Waals surface area contributed by atoms with Crippen molar-refractivity contribution >= 4 is 40.6 Å². The highest BCUT2D eigenvalue weighted by molar-refractivity contribution is 6.31. The topological polar surface area (TPSA) is 133 Å². The number of Topliss-reactive ketones (excluding diaryl/α,β-unsaturated/α-hetero) is 1. The van der Waals surface area contributed by atoms with E-state index in [1.165, 1.54) is 24.1 Å². The van der Waals surface area contributed by atoms with Crippen LogP contribution in [0.5, 0.6) is 0 Å². The lowest BCUT2D eigenvalue weighted by atomic mass is 9.74. The van der Waals surface area contributed by atoms with Gasteiger partial charge in [0.2, 0.25) is 0 Å². The number of amides is 1. The Morgan fingerprint density at radius 2 is 1.97 bits per heavy atom. The van der Waals surface area contributed by atoms with Crippen LogP contribution in [0.15, 0.2) is 42.5 Å². The van der Waals surface area contributed by atoms with E-state index < -0.39 is 34.6 Å². The lowest BCUT2D eigenvalue weighted by molar-refractivity contribution is -0.383. The molecule has 1 aliphatic rings. The van der Waals surface area contributed by atoms with Gasteiger partial charge >= 0.3 is 5.97 Å². The smallest absolute Gasteiger partial charge is 0.338 e. The number of ketones is 1. The van der Waals surface area contributed by atoms with Crippen molar-refractivity contribution in [1.29, 1.82) is 0 Å². The van der Waals surface area contributed by atoms with Crippen molar-refractivity contribution in [1.82, 2.24) is 4.90 Å². The second kappa shape index (κ2) is 9.35. The molecule has 0 bridgehead atoms. The third-order valence-corrected chi connectivity index (χ3v) is 6.04. The van der Waals surface area contributed by atoms with Gasteiger partial charge in [0.05, 0.1) is 10.5 Å². The molecule has 0 spiro atoms. The highest BCUT2D eigenvalue weighted by atomic mass is 35.5. The average Bonchev–Trinajstić information content (AvgIpc) is 2.78. The molecule has 9 nitrogen and oxygen atoms in total. The minimum Gasteiger partial charge on any atom is -0.452 e. The maximum Gasteiger partial charge on any atom is 0.338 e. The Labute approximate surface area is 189 Å². The van der Waals surface area contributed by atoms with Crippen molar-refractivity contribution in [2.45, 2.75) is 31.2 Å². The Balaban J connectivity index is 1.81. The van der Waals surface area contributed by atoms with E-state index in [-0.39, 0.29) is 17.0 Å². The standard InChI is InChI=1S/C22H22ClN3O6/c1-25(22(11-5-4-8-19(22)27)15-6-2-3-7-16(15)23)20(28)13-32-21(29)14-9-10-17(24)18(12-14)26(30)31/h2-3,6-7,9-10,12H,4-5,8,11,13,24H2,1H3. The van der Waals surface area contributed by atoms with Crippen LogP contribution >= 0.6 is 11.6 Å². The Kier molecular flexibility index (Phi) is 6.78. The number of nitrogens with two attached hydrogens (primary N) is 1. The molecule has 1 fully saturated rings. The normalized spacial score (nSPS) is 18.1. The van der Waals surface area contributed by atoms with Crippen LogP contribution in [-0.2, 0) is 19.9 Å². The summed E-state index contributed by atoms with van der Waals surface area (Å²) in [7, 11) is 1.48. The van der Waals surface area contributed by atoms with E-state index >= 15 is 0 Å². The van der Waals surface area contributed by atoms with Gasteiger partial charge in [0, 0.05) is 30.1 Å². The number of likely N-dealkylation sites (N-methyl/N-ethyl adjacent to an activating group) is 1. The van der Waals surface area contributed by atoms with E-state index in [1.807, 2.05) is 0 Å². The van der Waals surface area contributed by atoms with Crippen molar-refractivity contribution < 1.29 is 24.0 Å². The van der Waals surface area contributed by atoms with Gasteiger partial charge in [-0.3, -0.25) is 19.7 Å². The predicted molar refractivity (Wildman–Crippen MR) is 117 cm³/mol. The molecule has 1 atom stereocenters. The zero-order chi connectivity index (χ0) is 23.5. The first kappa shape index (κ1) is 23.2. The zero-order valence-electron chi connectivity index (χ0n) is 17.4. The number of hydrogen-bond donors (Lipinski definition) is 1. The van der Waals surface area contributed by atoms with Gasteiger partial charge in [-0.1, -0.05) is 29.8 Å². The van der Waals surface area contributed by atoms with Crippen molar-refractivity contribution in [3.05, 3.63) is 68.7 Å². The molecule has 1 unspecified atom stereocenters. The highest BCUT2D eigenvalue weighted by Crippen LogP contribution is 2.42. The highest BCUT2D eigenvalue weighted by Gasteiger charge is 2.48. The summed E-state index contributed by atoms with van der Waals surface area (Å²) in [5.41, 5.74) is 4.16.